The fourth-order valence-corrected chi connectivity index (χ4v) is 3.11. The Hall–Kier alpha value is -0.450. The number of halogens is 1. The first kappa shape index (κ1) is 12.6. The van der Waals surface area contributed by atoms with Gasteiger partial charge in [0, 0.05) is 42.0 Å². The highest BCUT2D eigenvalue weighted by Crippen LogP contribution is 2.23. The quantitative estimate of drug-likeness (QED) is 0.906. The van der Waals surface area contributed by atoms with E-state index in [4.69, 9.17) is 0 Å². The summed E-state index contributed by atoms with van der Waals surface area (Å²) in [7, 11) is 0. The Balaban J connectivity index is 1.56. The molecular formula is C14H20BrN3. The highest BCUT2D eigenvalue weighted by molar-refractivity contribution is 9.10. The second-order valence-electron chi connectivity index (χ2n) is 5.46. The van der Waals surface area contributed by atoms with E-state index < -0.39 is 0 Å². The topological polar surface area (TPSA) is 28.2 Å². The molecule has 0 bridgehead atoms. The van der Waals surface area contributed by atoms with E-state index in [1.165, 1.54) is 37.8 Å². The van der Waals surface area contributed by atoms with Gasteiger partial charge in [-0.1, -0.05) is 0 Å². The van der Waals surface area contributed by atoms with Gasteiger partial charge in [-0.25, -0.2) is 0 Å². The third-order valence-electron chi connectivity index (χ3n) is 3.87. The molecule has 1 N–H and O–H groups in total. The van der Waals surface area contributed by atoms with Crippen molar-refractivity contribution in [1.82, 2.24) is 15.2 Å². The molecule has 1 aliphatic heterocycles. The van der Waals surface area contributed by atoms with Crippen LogP contribution in [0.1, 0.15) is 31.2 Å². The van der Waals surface area contributed by atoms with E-state index >= 15 is 0 Å². The highest BCUT2D eigenvalue weighted by atomic mass is 79.9. The van der Waals surface area contributed by atoms with Gasteiger partial charge in [-0.2, -0.15) is 0 Å². The summed E-state index contributed by atoms with van der Waals surface area (Å²) >= 11 is 3.49. The molecule has 1 aromatic heterocycles. The number of hydrogen-bond acceptors (Lipinski definition) is 3. The number of rotatable bonds is 5. The maximum atomic E-state index is 4.25. The zero-order valence-electron chi connectivity index (χ0n) is 10.6. The van der Waals surface area contributed by atoms with Gasteiger partial charge in [0.25, 0.3) is 0 Å². The Bertz CT molecular complexity index is 406. The minimum absolute atomic E-state index is 0.713. The normalized spacial score (nSPS) is 24.6. The van der Waals surface area contributed by atoms with Crippen LogP contribution >= 0.6 is 15.9 Å². The Morgan fingerprint density at radius 2 is 2.22 bits per heavy atom. The van der Waals surface area contributed by atoms with E-state index in [1.54, 1.807) is 0 Å². The molecule has 1 unspecified atom stereocenters. The fraction of sp³-hybridized carbons (Fsp3) is 0.643. The van der Waals surface area contributed by atoms with Crippen molar-refractivity contribution in [3.8, 4) is 0 Å². The first-order valence-electron chi connectivity index (χ1n) is 6.88. The van der Waals surface area contributed by atoms with Gasteiger partial charge in [-0.05, 0) is 59.8 Å². The molecule has 3 rings (SSSR count). The molecule has 4 heteroatoms. The second kappa shape index (κ2) is 5.68. The summed E-state index contributed by atoms with van der Waals surface area (Å²) in [5.74, 6) is 0. The van der Waals surface area contributed by atoms with E-state index in [2.05, 4.69) is 37.2 Å². The second-order valence-corrected chi connectivity index (χ2v) is 6.38. The summed E-state index contributed by atoms with van der Waals surface area (Å²) in [6, 6.07) is 3.71. The van der Waals surface area contributed by atoms with Gasteiger partial charge in [0.2, 0.25) is 0 Å². The molecule has 1 aromatic rings. The molecular weight excluding hydrogens is 290 g/mol. The van der Waals surface area contributed by atoms with Crippen molar-refractivity contribution < 1.29 is 0 Å². The van der Waals surface area contributed by atoms with Crippen LogP contribution < -0.4 is 5.32 Å². The van der Waals surface area contributed by atoms with E-state index in [1.807, 2.05) is 12.4 Å². The number of aromatic nitrogens is 1. The molecule has 3 nitrogen and oxygen atoms in total. The van der Waals surface area contributed by atoms with Gasteiger partial charge >= 0.3 is 0 Å². The van der Waals surface area contributed by atoms with Crippen LogP contribution in [0.25, 0.3) is 0 Å². The monoisotopic (exact) mass is 309 g/mol. The van der Waals surface area contributed by atoms with Crippen LogP contribution in [0.2, 0.25) is 0 Å². The molecule has 2 aliphatic rings. The third-order valence-corrected chi connectivity index (χ3v) is 4.30. The largest absolute Gasteiger partial charge is 0.312 e. The minimum atomic E-state index is 0.713. The van der Waals surface area contributed by atoms with Crippen molar-refractivity contribution in [1.29, 1.82) is 0 Å². The maximum absolute atomic E-state index is 4.25. The van der Waals surface area contributed by atoms with E-state index in [-0.39, 0.29) is 0 Å². The van der Waals surface area contributed by atoms with Gasteiger partial charge in [0.15, 0.2) is 0 Å². The van der Waals surface area contributed by atoms with Crippen LogP contribution in [0.15, 0.2) is 22.9 Å². The summed E-state index contributed by atoms with van der Waals surface area (Å²) in [6.07, 6.45) is 9.25. The number of likely N-dealkylation sites (tertiary alicyclic amines) is 1. The molecule has 0 aromatic carbocycles. The molecule has 0 radical (unpaired) electrons. The number of pyridine rings is 1. The third kappa shape index (κ3) is 3.31. The van der Waals surface area contributed by atoms with Gasteiger partial charge in [0.05, 0.1) is 0 Å². The lowest BCUT2D eigenvalue weighted by Gasteiger charge is -2.24. The lowest BCUT2D eigenvalue weighted by molar-refractivity contribution is 0.238. The molecule has 0 spiro atoms. The summed E-state index contributed by atoms with van der Waals surface area (Å²) in [6.45, 7) is 3.42. The Kier molecular flexibility index (Phi) is 3.97. The molecule has 2 heterocycles. The molecule has 1 atom stereocenters. The maximum Gasteiger partial charge on any atom is 0.0410 e. The zero-order valence-corrected chi connectivity index (χ0v) is 12.2. The van der Waals surface area contributed by atoms with Crippen molar-refractivity contribution in [2.24, 2.45) is 0 Å². The van der Waals surface area contributed by atoms with Crippen LogP contribution in [-0.2, 0) is 6.54 Å². The minimum Gasteiger partial charge on any atom is -0.312 e. The highest BCUT2D eigenvalue weighted by Gasteiger charge is 2.27. The molecule has 1 saturated carbocycles. The smallest absolute Gasteiger partial charge is 0.0410 e. The standard InChI is InChI=1S/C14H20BrN3/c15-12-6-11(7-16-8-12)10-18-5-1-2-14(18)9-17-13-3-4-13/h6-8,13-14,17H,1-5,9-10H2. The van der Waals surface area contributed by atoms with Crippen LogP contribution in [0.4, 0.5) is 0 Å². The van der Waals surface area contributed by atoms with Crippen molar-refractivity contribution >= 4 is 15.9 Å². The Labute approximate surface area is 117 Å². The summed E-state index contributed by atoms with van der Waals surface area (Å²) < 4.78 is 1.08. The van der Waals surface area contributed by atoms with Crippen LogP contribution in [0, 0.1) is 0 Å². The fourth-order valence-electron chi connectivity index (χ4n) is 2.70. The number of nitrogens with zero attached hydrogens (tertiary/aromatic N) is 2. The van der Waals surface area contributed by atoms with Gasteiger partial charge < -0.3 is 5.32 Å². The van der Waals surface area contributed by atoms with Crippen LogP contribution in [0.5, 0.6) is 0 Å². The Morgan fingerprint density at radius 1 is 1.33 bits per heavy atom. The van der Waals surface area contributed by atoms with E-state index in [9.17, 15) is 0 Å². The first-order chi connectivity index (χ1) is 8.81. The SMILES string of the molecule is Brc1cncc(CN2CCCC2CNC2CC2)c1. The average molecular weight is 310 g/mol. The van der Waals surface area contributed by atoms with Crippen molar-refractivity contribution in [3.63, 3.8) is 0 Å². The lowest BCUT2D eigenvalue weighted by atomic mass is 10.2. The summed E-state index contributed by atoms with van der Waals surface area (Å²) in [5, 5.41) is 3.66. The van der Waals surface area contributed by atoms with Crippen LogP contribution in [-0.4, -0.2) is 35.1 Å². The molecule has 98 valence electrons. The molecule has 18 heavy (non-hydrogen) atoms. The van der Waals surface area contributed by atoms with Gasteiger partial charge in [-0.15, -0.1) is 0 Å². The number of hydrogen-bond donors (Lipinski definition) is 1. The van der Waals surface area contributed by atoms with Crippen molar-refractivity contribution in [3.05, 3.63) is 28.5 Å². The van der Waals surface area contributed by atoms with Crippen molar-refractivity contribution in [2.45, 2.75) is 44.3 Å². The van der Waals surface area contributed by atoms with Gasteiger partial charge in [0.1, 0.15) is 0 Å². The predicted molar refractivity (Wildman–Crippen MR) is 76.4 cm³/mol. The van der Waals surface area contributed by atoms with E-state index in [0.717, 1.165) is 23.6 Å². The summed E-state index contributed by atoms with van der Waals surface area (Å²) in [4.78, 5) is 6.84. The van der Waals surface area contributed by atoms with Crippen molar-refractivity contribution in [2.75, 3.05) is 13.1 Å². The van der Waals surface area contributed by atoms with E-state index in [0.29, 0.717) is 6.04 Å². The molecule has 1 aliphatic carbocycles. The van der Waals surface area contributed by atoms with Crippen LogP contribution in [0.3, 0.4) is 0 Å². The lowest BCUT2D eigenvalue weighted by Crippen LogP contribution is -2.38. The number of nitrogens with one attached hydrogen (secondary N) is 1. The summed E-state index contributed by atoms with van der Waals surface area (Å²) in [5.41, 5.74) is 1.31. The first-order valence-corrected chi connectivity index (χ1v) is 7.67. The average Bonchev–Trinajstić information content (AvgIpc) is 3.08. The Morgan fingerprint density at radius 3 is 3.00 bits per heavy atom. The zero-order chi connectivity index (χ0) is 12.4. The predicted octanol–water partition coefficient (Wildman–Crippen LogP) is 2.56. The van der Waals surface area contributed by atoms with Gasteiger partial charge in [-0.3, -0.25) is 9.88 Å². The molecule has 2 fully saturated rings. The molecule has 1 saturated heterocycles. The molecule has 0 amide bonds.